The lowest BCUT2D eigenvalue weighted by molar-refractivity contribution is -0.127. The van der Waals surface area contributed by atoms with Gasteiger partial charge in [-0.1, -0.05) is 12.0 Å². The second-order valence-electron chi connectivity index (χ2n) is 8.31. The van der Waals surface area contributed by atoms with Crippen molar-refractivity contribution in [2.24, 2.45) is 23.2 Å². The van der Waals surface area contributed by atoms with Crippen molar-refractivity contribution in [3.63, 3.8) is 0 Å². The highest BCUT2D eigenvalue weighted by Gasteiger charge is 2.51. The first-order chi connectivity index (χ1) is 12.0. The van der Waals surface area contributed by atoms with Crippen LogP contribution in [0.25, 0.3) is 0 Å². The second kappa shape index (κ2) is 6.63. The van der Waals surface area contributed by atoms with Crippen LogP contribution >= 0.6 is 12.2 Å². The number of hydrogen-bond acceptors (Lipinski definition) is 5. The van der Waals surface area contributed by atoms with Gasteiger partial charge in [0.2, 0.25) is 5.91 Å². The highest BCUT2D eigenvalue weighted by molar-refractivity contribution is 7.80. The minimum atomic E-state index is 0.0143. The van der Waals surface area contributed by atoms with Crippen LogP contribution in [0, 0.1) is 23.2 Å². The van der Waals surface area contributed by atoms with Gasteiger partial charge in [0, 0.05) is 6.42 Å². The number of rotatable bonds is 5. The zero-order valence-electron chi connectivity index (χ0n) is 14.7. The molecule has 4 bridgehead atoms. The van der Waals surface area contributed by atoms with Crippen LogP contribution in [0.3, 0.4) is 0 Å². The number of hydrogen-bond donors (Lipinski definition) is 2. The molecule has 1 aromatic rings. The summed E-state index contributed by atoms with van der Waals surface area (Å²) in [4.78, 5) is 14.1. The van der Waals surface area contributed by atoms with Gasteiger partial charge in [-0.15, -0.1) is 5.10 Å². The Labute approximate surface area is 153 Å². The van der Waals surface area contributed by atoms with E-state index in [0.717, 1.165) is 24.2 Å². The molecule has 136 valence electrons. The van der Waals surface area contributed by atoms with E-state index in [0.29, 0.717) is 18.9 Å². The number of carbonyl (C=O) groups excluding carboxylic acids is 1. The van der Waals surface area contributed by atoms with Crippen LogP contribution in [-0.4, -0.2) is 31.2 Å². The fraction of sp³-hybridized carbons (Fsp3) is 0.824. The highest BCUT2D eigenvalue weighted by atomic mass is 32.1. The van der Waals surface area contributed by atoms with Crippen LogP contribution < -0.4 is 10.6 Å². The smallest absolute Gasteiger partial charge is 0.269 e. The van der Waals surface area contributed by atoms with E-state index in [9.17, 15) is 4.79 Å². The van der Waals surface area contributed by atoms with Crippen molar-refractivity contribution in [3.05, 3.63) is 0 Å². The molecule has 4 saturated carbocycles. The summed E-state index contributed by atoms with van der Waals surface area (Å²) in [7, 11) is 0. The molecule has 0 aromatic carbocycles. The van der Waals surface area contributed by atoms with Crippen molar-refractivity contribution in [2.45, 2.75) is 64.8 Å². The predicted octanol–water partition coefficient (Wildman–Crippen LogP) is 2.50. The van der Waals surface area contributed by atoms with E-state index in [1.807, 2.05) is 6.92 Å². The molecule has 7 nitrogen and oxygen atoms in total. The molecule has 2 N–H and O–H groups in total. The van der Waals surface area contributed by atoms with Gasteiger partial charge in [-0.05, 0) is 85.5 Å². The molecule has 0 unspecified atom stereocenters. The average Bonchev–Trinajstić information content (AvgIpc) is 2.92. The molecule has 4 aliphatic rings. The van der Waals surface area contributed by atoms with Crippen LogP contribution in [0.2, 0.25) is 0 Å². The fourth-order valence-electron chi connectivity index (χ4n) is 5.74. The summed E-state index contributed by atoms with van der Waals surface area (Å²) in [6.07, 6.45) is 9.36. The van der Waals surface area contributed by atoms with Crippen molar-refractivity contribution in [1.29, 1.82) is 0 Å². The predicted molar refractivity (Wildman–Crippen MR) is 97.7 cm³/mol. The molecule has 0 radical (unpaired) electrons. The van der Waals surface area contributed by atoms with Crippen LogP contribution in [0.5, 0.6) is 0 Å². The Bertz CT molecular complexity index is 637. The monoisotopic (exact) mass is 362 g/mol. The van der Waals surface area contributed by atoms with Crippen molar-refractivity contribution >= 4 is 29.2 Å². The third kappa shape index (κ3) is 3.68. The highest BCUT2D eigenvalue weighted by Crippen LogP contribution is 2.61. The summed E-state index contributed by atoms with van der Waals surface area (Å²) < 4.78 is 0. The van der Waals surface area contributed by atoms with Gasteiger partial charge in [0.1, 0.15) is 0 Å². The quantitative estimate of drug-likeness (QED) is 0.783. The maximum atomic E-state index is 12.5. The van der Waals surface area contributed by atoms with E-state index in [1.165, 1.54) is 43.3 Å². The largest absolute Gasteiger partial charge is 0.303 e. The Hall–Kier alpha value is -1.57. The van der Waals surface area contributed by atoms with Crippen LogP contribution in [0.15, 0.2) is 0 Å². The lowest BCUT2D eigenvalue weighted by atomic mass is 9.49. The number of amides is 1. The number of tetrazole rings is 1. The Kier molecular flexibility index (Phi) is 4.47. The first kappa shape index (κ1) is 16.9. The molecule has 25 heavy (non-hydrogen) atoms. The van der Waals surface area contributed by atoms with Gasteiger partial charge >= 0.3 is 0 Å². The number of thiocarbonyl (C=S) groups is 1. The number of aromatic nitrogens is 4. The topological polar surface area (TPSA) is 84.7 Å². The summed E-state index contributed by atoms with van der Waals surface area (Å²) >= 11 is 5.24. The zero-order valence-corrected chi connectivity index (χ0v) is 15.5. The van der Waals surface area contributed by atoms with E-state index >= 15 is 0 Å². The van der Waals surface area contributed by atoms with Gasteiger partial charge in [0.05, 0.1) is 6.54 Å². The minimum absolute atomic E-state index is 0.0143. The lowest BCUT2D eigenvalue weighted by Crippen LogP contribution is -2.48. The Morgan fingerprint density at radius 3 is 2.48 bits per heavy atom. The van der Waals surface area contributed by atoms with Crippen LogP contribution in [-0.2, 0) is 11.3 Å². The van der Waals surface area contributed by atoms with E-state index in [2.05, 4.69) is 26.0 Å². The van der Waals surface area contributed by atoms with Crippen molar-refractivity contribution in [3.8, 4) is 0 Å². The maximum absolute atomic E-state index is 12.5. The number of aryl methyl sites for hydroxylation is 1. The normalized spacial score (nSPS) is 32.6. The number of nitrogens with zero attached hydrogens (tertiary/aromatic N) is 4. The third-order valence-electron chi connectivity index (χ3n) is 6.06. The molecular formula is C17H26N6OS. The van der Waals surface area contributed by atoms with Crippen molar-refractivity contribution in [1.82, 2.24) is 25.5 Å². The van der Waals surface area contributed by atoms with E-state index in [1.54, 1.807) is 0 Å². The van der Waals surface area contributed by atoms with Crippen LogP contribution in [0.1, 0.15) is 58.3 Å². The summed E-state index contributed by atoms with van der Waals surface area (Å²) in [5.74, 6) is 2.89. The molecule has 4 fully saturated rings. The molecule has 4 aliphatic carbocycles. The molecule has 1 aromatic heterocycles. The van der Waals surface area contributed by atoms with E-state index in [4.69, 9.17) is 12.2 Å². The van der Waals surface area contributed by atoms with E-state index < -0.39 is 0 Å². The van der Waals surface area contributed by atoms with Crippen LogP contribution in [0.4, 0.5) is 5.95 Å². The van der Waals surface area contributed by atoms with Gasteiger partial charge in [0.25, 0.3) is 5.95 Å². The number of anilines is 1. The third-order valence-corrected chi connectivity index (χ3v) is 6.26. The second-order valence-corrected chi connectivity index (χ2v) is 8.71. The summed E-state index contributed by atoms with van der Waals surface area (Å²) in [6.45, 7) is 2.76. The lowest BCUT2D eigenvalue weighted by Gasteiger charge is -2.56. The SMILES string of the molecule is CCCn1nnc(NC(=S)NC(=O)CC23CC4CC(CC(C4)C2)C3)n1. The molecule has 8 heteroatoms. The van der Waals surface area contributed by atoms with Gasteiger partial charge < -0.3 is 5.32 Å². The average molecular weight is 363 g/mol. The molecule has 5 rings (SSSR count). The first-order valence-electron chi connectivity index (χ1n) is 9.42. The summed E-state index contributed by atoms with van der Waals surface area (Å²) in [5.41, 5.74) is 0.219. The number of carbonyl (C=O) groups is 1. The van der Waals surface area contributed by atoms with Gasteiger partial charge in [-0.25, -0.2) is 0 Å². The molecule has 1 heterocycles. The van der Waals surface area contributed by atoms with E-state index in [-0.39, 0.29) is 16.4 Å². The summed E-state index contributed by atoms with van der Waals surface area (Å²) in [6, 6.07) is 0. The Balaban J connectivity index is 1.30. The Morgan fingerprint density at radius 2 is 1.88 bits per heavy atom. The molecule has 0 spiro atoms. The number of nitrogens with one attached hydrogen (secondary N) is 2. The maximum Gasteiger partial charge on any atom is 0.269 e. The Morgan fingerprint density at radius 1 is 1.24 bits per heavy atom. The standard InChI is InChI=1S/C17H26N6OS/c1-2-3-23-21-15(20-22-23)19-16(25)18-14(24)10-17-7-11-4-12(8-17)6-13(5-11)9-17/h11-13H,2-10H2,1H3,(H2,18,19,21,24,25). The van der Waals surface area contributed by atoms with Gasteiger partial charge in [0.15, 0.2) is 5.11 Å². The fourth-order valence-corrected chi connectivity index (χ4v) is 5.94. The molecule has 0 saturated heterocycles. The van der Waals surface area contributed by atoms with Crippen molar-refractivity contribution in [2.75, 3.05) is 5.32 Å². The zero-order chi connectivity index (χ0) is 17.4. The summed E-state index contributed by atoms with van der Waals surface area (Å²) in [5, 5.41) is 17.9. The minimum Gasteiger partial charge on any atom is -0.303 e. The van der Waals surface area contributed by atoms with Gasteiger partial charge in [-0.3, -0.25) is 10.1 Å². The van der Waals surface area contributed by atoms with Crippen molar-refractivity contribution < 1.29 is 4.79 Å². The van der Waals surface area contributed by atoms with Gasteiger partial charge in [-0.2, -0.15) is 4.80 Å². The molecular weight excluding hydrogens is 336 g/mol. The first-order valence-corrected chi connectivity index (χ1v) is 9.83. The molecule has 1 amide bonds. The molecule has 0 aliphatic heterocycles. The molecule has 0 atom stereocenters.